The molecule has 0 spiro atoms. The second kappa shape index (κ2) is 6.36. The van der Waals surface area contributed by atoms with Gasteiger partial charge in [-0.15, -0.1) is 0 Å². The molecule has 0 aliphatic heterocycles. The molecule has 0 radical (unpaired) electrons. The second-order valence-electron chi connectivity index (χ2n) is 3.73. The highest BCUT2D eigenvalue weighted by Gasteiger charge is 2.20. The largest absolute Gasteiger partial charge is 0.396 e. The maximum Gasteiger partial charge on any atom is 0.237 e. The minimum absolute atomic E-state index is 0.0213. The SMILES string of the molecule is CC(CO)C(C)NC(=O)C(N)CC(N)=O. The number of hydrogen-bond donors (Lipinski definition) is 4. The average Bonchev–Trinajstić information content (AvgIpc) is 2.15. The first-order valence-corrected chi connectivity index (χ1v) is 4.83. The molecule has 0 aliphatic carbocycles. The van der Waals surface area contributed by atoms with E-state index in [1.165, 1.54) is 0 Å². The van der Waals surface area contributed by atoms with Crippen LogP contribution < -0.4 is 16.8 Å². The van der Waals surface area contributed by atoms with Gasteiger partial charge in [-0.2, -0.15) is 0 Å². The van der Waals surface area contributed by atoms with Crippen LogP contribution in [0.25, 0.3) is 0 Å². The fourth-order valence-electron chi connectivity index (χ4n) is 0.941. The van der Waals surface area contributed by atoms with Gasteiger partial charge < -0.3 is 21.9 Å². The molecule has 0 heterocycles. The normalized spacial score (nSPS) is 16.5. The number of primary amides is 1. The zero-order valence-corrected chi connectivity index (χ0v) is 9.06. The quantitative estimate of drug-likeness (QED) is 0.425. The molecule has 0 fully saturated rings. The van der Waals surface area contributed by atoms with E-state index in [4.69, 9.17) is 16.6 Å². The molecule has 6 heteroatoms. The van der Waals surface area contributed by atoms with Crippen LogP contribution in [0, 0.1) is 5.92 Å². The van der Waals surface area contributed by atoms with Crippen LogP contribution in [-0.4, -0.2) is 35.6 Å². The van der Waals surface area contributed by atoms with Gasteiger partial charge in [-0.05, 0) is 12.8 Å². The van der Waals surface area contributed by atoms with Crippen molar-refractivity contribution in [2.75, 3.05) is 6.61 Å². The van der Waals surface area contributed by atoms with Crippen molar-refractivity contribution in [2.24, 2.45) is 17.4 Å². The number of rotatable bonds is 6. The van der Waals surface area contributed by atoms with Gasteiger partial charge in [0.1, 0.15) is 0 Å². The molecule has 6 nitrogen and oxygen atoms in total. The van der Waals surface area contributed by atoms with Crippen LogP contribution in [-0.2, 0) is 9.59 Å². The van der Waals surface area contributed by atoms with Gasteiger partial charge in [0.15, 0.2) is 0 Å². The van der Waals surface area contributed by atoms with Crippen LogP contribution in [0.3, 0.4) is 0 Å². The van der Waals surface area contributed by atoms with Crippen LogP contribution >= 0.6 is 0 Å². The molecule has 0 rings (SSSR count). The van der Waals surface area contributed by atoms with E-state index in [-0.39, 0.29) is 25.0 Å². The summed E-state index contributed by atoms with van der Waals surface area (Å²) in [6, 6.07) is -1.11. The number of carbonyl (C=O) groups excluding carboxylic acids is 2. The lowest BCUT2D eigenvalue weighted by Crippen LogP contribution is -2.48. The van der Waals surface area contributed by atoms with Gasteiger partial charge in [-0.25, -0.2) is 0 Å². The Kier molecular flexibility index (Phi) is 5.88. The summed E-state index contributed by atoms with van der Waals surface area (Å²) in [6.45, 7) is 3.53. The molecular formula is C9H19N3O3. The van der Waals surface area contributed by atoms with Crippen molar-refractivity contribution in [3.63, 3.8) is 0 Å². The Hall–Kier alpha value is -1.14. The van der Waals surface area contributed by atoms with Crippen LogP contribution in [0.15, 0.2) is 0 Å². The summed E-state index contributed by atoms with van der Waals surface area (Å²) in [5.41, 5.74) is 10.3. The summed E-state index contributed by atoms with van der Waals surface area (Å²) in [6.07, 6.45) is -0.175. The van der Waals surface area contributed by atoms with Crippen LogP contribution in [0.2, 0.25) is 0 Å². The highest BCUT2D eigenvalue weighted by atomic mass is 16.3. The number of amides is 2. The highest BCUT2D eigenvalue weighted by Crippen LogP contribution is 2.01. The van der Waals surface area contributed by atoms with E-state index >= 15 is 0 Å². The molecule has 6 N–H and O–H groups in total. The predicted molar refractivity (Wildman–Crippen MR) is 55.6 cm³/mol. The van der Waals surface area contributed by atoms with E-state index in [1.807, 2.05) is 0 Å². The lowest BCUT2D eigenvalue weighted by atomic mass is 10.0. The fourth-order valence-corrected chi connectivity index (χ4v) is 0.941. The molecule has 0 saturated heterocycles. The van der Waals surface area contributed by atoms with E-state index in [0.717, 1.165) is 0 Å². The third-order valence-electron chi connectivity index (χ3n) is 2.27. The van der Waals surface area contributed by atoms with Crippen LogP contribution in [0.4, 0.5) is 0 Å². The Balaban J connectivity index is 4.06. The monoisotopic (exact) mass is 217 g/mol. The zero-order valence-electron chi connectivity index (χ0n) is 9.06. The van der Waals surface area contributed by atoms with Crippen molar-refractivity contribution in [3.05, 3.63) is 0 Å². The van der Waals surface area contributed by atoms with Gasteiger partial charge >= 0.3 is 0 Å². The second-order valence-corrected chi connectivity index (χ2v) is 3.73. The summed E-state index contributed by atoms with van der Waals surface area (Å²) >= 11 is 0. The maximum atomic E-state index is 11.4. The standard InChI is InChI=1S/C9H19N3O3/c1-5(4-13)6(2)12-9(15)7(10)3-8(11)14/h5-7,13H,3-4,10H2,1-2H3,(H2,11,14)(H,12,15). The van der Waals surface area contributed by atoms with Crippen molar-refractivity contribution in [3.8, 4) is 0 Å². The Morgan fingerprint density at radius 2 is 1.93 bits per heavy atom. The van der Waals surface area contributed by atoms with Crippen LogP contribution in [0.1, 0.15) is 20.3 Å². The number of hydrogen-bond acceptors (Lipinski definition) is 4. The molecule has 3 atom stereocenters. The smallest absolute Gasteiger partial charge is 0.237 e. The summed E-state index contributed by atoms with van der Waals surface area (Å²) in [5.74, 6) is -1.10. The number of aliphatic hydroxyl groups excluding tert-OH is 1. The molecule has 0 aromatic rings. The third-order valence-corrected chi connectivity index (χ3v) is 2.27. The van der Waals surface area contributed by atoms with Gasteiger partial charge in [0.2, 0.25) is 11.8 Å². The first-order valence-electron chi connectivity index (χ1n) is 4.83. The molecule has 0 aliphatic rings. The van der Waals surface area contributed by atoms with E-state index in [9.17, 15) is 9.59 Å². The number of carbonyl (C=O) groups is 2. The lowest BCUT2D eigenvalue weighted by Gasteiger charge is -2.21. The first-order chi connectivity index (χ1) is 6.88. The minimum Gasteiger partial charge on any atom is -0.396 e. The number of nitrogens with one attached hydrogen (secondary N) is 1. The molecule has 0 saturated carbocycles. The molecular weight excluding hydrogens is 198 g/mol. The summed E-state index contributed by atoms with van der Waals surface area (Å²) in [5, 5.41) is 11.4. The third kappa shape index (κ3) is 5.34. The van der Waals surface area contributed by atoms with Crippen molar-refractivity contribution in [2.45, 2.75) is 32.4 Å². The molecule has 0 aromatic carbocycles. The van der Waals surface area contributed by atoms with E-state index in [2.05, 4.69) is 5.32 Å². The van der Waals surface area contributed by atoms with Gasteiger partial charge in [0.25, 0.3) is 0 Å². The van der Waals surface area contributed by atoms with Crippen LogP contribution in [0.5, 0.6) is 0 Å². The maximum absolute atomic E-state index is 11.4. The fraction of sp³-hybridized carbons (Fsp3) is 0.778. The summed E-state index contributed by atoms with van der Waals surface area (Å²) in [4.78, 5) is 21.9. The Bertz CT molecular complexity index is 233. The number of aliphatic hydroxyl groups is 1. The summed E-state index contributed by atoms with van der Waals surface area (Å²) in [7, 11) is 0. The Morgan fingerprint density at radius 3 is 2.33 bits per heavy atom. The lowest BCUT2D eigenvalue weighted by molar-refractivity contribution is -0.127. The van der Waals surface area contributed by atoms with Crippen molar-refractivity contribution in [1.82, 2.24) is 5.32 Å². The van der Waals surface area contributed by atoms with E-state index in [1.54, 1.807) is 13.8 Å². The van der Waals surface area contributed by atoms with Gasteiger partial charge in [-0.1, -0.05) is 6.92 Å². The highest BCUT2D eigenvalue weighted by molar-refractivity contribution is 5.87. The molecule has 2 amide bonds. The average molecular weight is 217 g/mol. The number of nitrogens with two attached hydrogens (primary N) is 2. The zero-order chi connectivity index (χ0) is 12.0. The molecule has 15 heavy (non-hydrogen) atoms. The first kappa shape index (κ1) is 13.9. The van der Waals surface area contributed by atoms with E-state index in [0.29, 0.717) is 0 Å². The van der Waals surface area contributed by atoms with Crippen molar-refractivity contribution < 1.29 is 14.7 Å². The molecule has 88 valence electrons. The minimum atomic E-state index is -0.921. The summed E-state index contributed by atoms with van der Waals surface area (Å²) < 4.78 is 0. The topological polar surface area (TPSA) is 118 Å². The molecule has 3 unspecified atom stereocenters. The predicted octanol–water partition coefficient (Wildman–Crippen LogP) is -1.68. The van der Waals surface area contributed by atoms with Gasteiger partial charge in [0.05, 0.1) is 12.5 Å². The molecule has 0 bridgehead atoms. The van der Waals surface area contributed by atoms with Crippen molar-refractivity contribution >= 4 is 11.8 Å². The van der Waals surface area contributed by atoms with E-state index < -0.39 is 17.9 Å². The van der Waals surface area contributed by atoms with Gasteiger partial charge in [-0.3, -0.25) is 9.59 Å². The van der Waals surface area contributed by atoms with Gasteiger partial charge in [0, 0.05) is 12.6 Å². The van der Waals surface area contributed by atoms with Crippen molar-refractivity contribution in [1.29, 1.82) is 0 Å². The Morgan fingerprint density at radius 1 is 1.40 bits per heavy atom. The Labute approximate surface area is 89.0 Å². The molecule has 0 aromatic heterocycles.